The maximum Gasteiger partial charge on any atom is 0.306 e. The summed E-state index contributed by atoms with van der Waals surface area (Å²) in [6.45, 7) is 1.63. The number of carboxylic acids is 1. The summed E-state index contributed by atoms with van der Waals surface area (Å²) in [5, 5.41) is 18.3. The molecule has 3 rings (SSSR count). The second-order valence-electron chi connectivity index (χ2n) is 6.75. The summed E-state index contributed by atoms with van der Waals surface area (Å²) in [7, 11) is 0. The lowest BCUT2D eigenvalue weighted by molar-refractivity contribution is -0.141. The van der Waals surface area contributed by atoms with Crippen LogP contribution in [0, 0.1) is 5.92 Å². The van der Waals surface area contributed by atoms with Gasteiger partial charge in [-0.3, -0.25) is 14.7 Å². The minimum absolute atomic E-state index is 0.104. The number of nitrogens with zero attached hydrogens (tertiary/aromatic N) is 2. The van der Waals surface area contributed by atoms with Gasteiger partial charge in [0, 0.05) is 6.04 Å². The highest BCUT2D eigenvalue weighted by atomic mass is 16.4. The van der Waals surface area contributed by atoms with E-state index in [0.717, 1.165) is 16.7 Å². The fourth-order valence-electron chi connectivity index (χ4n) is 3.04. The molecular weight excluding hydrogens is 356 g/mol. The quantitative estimate of drug-likeness (QED) is 0.558. The highest BCUT2D eigenvalue weighted by Gasteiger charge is 2.22. The van der Waals surface area contributed by atoms with Gasteiger partial charge in [0.05, 0.1) is 5.92 Å². The molecule has 7 nitrogen and oxygen atoms in total. The lowest BCUT2D eigenvalue weighted by atomic mass is 9.95. The number of hydrogen-bond acceptors (Lipinski definition) is 4. The predicted octanol–water partition coefficient (Wildman–Crippen LogP) is 2.92. The van der Waals surface area contributed by atoms with Crippen molar-refractivity contribution in [2.24, 2.45) is 5.92 Å². The topological polar surface area (TPSA) is 108 Å². The number of aliphatic carboxylic acids is 1. The fraction of sp³-hybridized carbons (Fsp3) is 0.238. The van der Waals surface area contributed by atoms with Crippen LogP contribution in [0.4, 0.5) is 0 Å². The summed E-state index contributed by atoms with van der Waals surface area (Å²) in [5.74, 6) is -1.77. The van der Waals surface area contributed by atoms with Crippen LogP contribution in [0.15, 0.2) is 60.9 Å². The summed E-state index contributed by atoms with van der Waals surface area (Å²) >= 11 is 0. The van der Waals surface area contributed by atoms with Gasteiger partial charge in [0.2, 0.25) is 5.82 Å². The zero-order valence-electron chi connectivity index (χ0n) is 15.5. The first kappa shape index (κ1) is 19.3. The van der Waals surface area contributed by atoms with Crippen LogP contribution in [0.3, 0.4) is 0 Å². The Bertz CT molecular complexity index is 909. The molecule has 0 unspecified atom stereocenters. The van der Waals surface area contributed by atoms with E-state index < -0.39 is 17.8 Å². The molecule has 2 atom stereocenters. The molecule has 28 heavy (non-hydrogen) atoms. The second-order valence-corrected chi connectivity index (χ2v) is 6.75. The Morgan fingerprint density at radius 1 is 1.07 bits per heavy atom. The van der Waals surface area contributed by atoms with Gasteiger partial charge in [0.1, 0.15) is 6.33 Å². The number of rotatable bonds is 8. The molecule has 0 aliphatic carbocycles. The van der Waals surface area contributed by atoms with E-state index in [2.05, 4.69) is 20.5 Å². The van der Waals surface area contributed by atoms with Gasteiger partial charge in [-0.1, -0.05) is 61.5 Å². The van der Waals surface area contributed by atoms with Crippen LogP contribution in [0.25, 0.3) is 11.1 Å². The van der Waals surface area contributed by atoms with Crippen molar-refractivity contribution >= 4 is 11.9 Å². The Labute approximate surface area is 162 Å². The van der Waals surface area contributed by atoms with Crippen molar-refractivity contribution in [2.75, 3.05) is 0 Å². The van der Waals surface area contributed by atoms with E-state index >= 15 is 0 Å². The van der Waals surface area contributed by atoms with Crippen LogP contribution in [0.5, 0.6) is 0 Å². The molecule has 0 aliphatic rings. The van der Waals surface area contributed by atoms with Gasteiger partial charge in [0.25, 0.3) is 5.91 Å². The summed E-state index contributed by atoms with van der Waals surface area (Å²) in [5.41, 5.74) is 3.24. The van der Waals surface area contributed by atoms with Gasteiger partial charge < -0.3 is 10.4 Å². The van der Waals surface area contributed by atoms with Gasteiger partial charge in [-0.25, -0.2) is 4.98 Å². The van der Waals surface area contributed by atoms with Crippen LogP contribution in [0.2, 0.25) is 0 Å². The Hall–Kier alpha value is -3.48. The van der Waals surface area contributed by atoms with Crippen molar-refractivity contribution in [2.45, 2.75) is 25.8 Å². The number of carboxylic acid groups (broad SMARTS) is 1. The van der Waals surface area contributed by atoms with Gasteiger partial charge >= 0.3 is 5.97 Å². The number of carbonyl (C=O) groups is 2. The van der Waals surface area contributed by atoms with Crippen LogP contribution in [-0.2, 0) is 11.2 Å². The van der Waals surface area contributed by atoms with E-state index in [0.29, 0.717) is 12.8 Å². The molecule has 7 heteroatoms. The lowest BCUT2D eigenvalue weighted by Crippen LogP contribution is -2.39. The number of benzene rings is 2. The molecule has 2 aromatic carbocycles. The maximum absolute atomic E-state index is 12.3. The largest absolute Gasteiger partial charge is 0.481 e. The molecule has 0 bridgehead atoms. The Morgan fingerprint density at radius 3 is 2.36 bits per heavy atom. The molecule has 0 fully saturated rings. The van der Waals surface area contributed by atoms with Crippen LogP contribution in [0.1, 0.15) is 29.5 Å². The number of H-pyrrole nitrogens is 1. The molecule has 3 N–H and O–H groups in total. The van der Waals surface area contributed by atoms with E-state index in [1.807, 2.05) is 54.6 Å². The summed E-state index contributed by atoms with van der Waals surface area (Å²) in [6, 6.07) is 17.8. The van der Waals surface area contributed by atoms with Crippen molar-refractivity contribution in [1.29, 1.82) is 0 Å². The van der Waals surface area contributed by atoms with Crippen molar-refractivity contribution < 1.29 is 14.7 Å². The normalized spacial score (nSPS) is 12.9. The highest BCUT2D eigenvalue weighted by Crippen LogP contribution is 2.20. The van der Waals surface area contributed by atoms with Gasteiger partial charge in [-0.05, 0) is 29.5 Å². The molecule has 0 saturated carbocycles. The molecular formula is C21H22N4O3. The monoisotopic (exact) mass is 378 g/mol. The van der Waals surface area contributed by atoms with Crippen molar-refractivity contribution in [3.05, 3.63) is 72.3 Å². The number of amides is 1. The molecule has 0 saturated heterocycles. The smallest absolute Gasteiger partial charge is 0.306 e. The maximum atomic E-state index is 12.3. The lowest BCUT2D eigenvalue weighted by Gasteiger charge is -2.20. The summed E-state index contributed by atoms with van der Waals surface area (Å²) < 4.78 is 0. The SMILES string of the molecule is C[C@H](C[C@@H](Cc1ccc(-c2ccccc2)cc1)NC(=O)c1ncn[nH]1)C(=O)O. The molecule has 0 radical (unpaired) electrons. The first-order valence-corrected chi connectivity index (χ1v) is 9.06. The minimum Gasteiger partial charge on any atom is -0.481 e. The fourth-order valence-corrected chi connectivity index (χ4v) is 3.04. The van der Waals surface area contributed by atoms with Gasteiger partial charge in [-0.15, -0.1) is 0 Å². The number of carbonyl (C=O) groups excluding carboxylic acids is 1. The van der Waals surface area contributed by atoms with Crippen LogP contribution >= 0.6 is 0 Å². The summed E-state index contributed by atoms with van der Waals surface area (Å²) in [6.07, 6.45) is 2.09. The highest BCUT2D eigenvalue weighted by molar-refractivity contribution is 5.90. The van der Waals surface area contributed by atoms with E-state index in [1.54, 1.807) is 6.92 Å². The molecule has 1 amide bonds. The number of aromatic amines is 1. The van der Waals surface area contributed by atoms with Crippen molar-refractivity contribution in [3.8, 4) is 11.1 Å². The van der Waals surface area contributed by atoms with Gasteiger partial charge in [0.15, 0.2) is 0 Å². The zero-order valence-corrected chi connectivity index (χ0v) is 15.5. The van der Waals surface area contributed by atoms with E-state index in [1.165, 1.54) is 6.33 Å². The molecule has 1 aromatic heterocycles. The molecule has 0 spiro atoms. The van der Waals surface area contributed by atoms with Crippen LogP contribution < -0.4 is 5.32 Å². The predicted molar refractivity (Wildman–Crippen MR) is 105 cm³/mol. The number of hydrogen-bond donors (Lipinski definition) is 3. The van der Waals surface area contributed by atoms with E-state index in [-0.39, 0.29) is 11.9 Å². The zero-order chi connectivity index (χ0) is 19.9. The van der Waals surface area contributed by atoms with E-state index in [4.69, 9.17) is 0 Å². The number of aromatic nitrogens is 3. The first-order valence-electron chi connectivity index (χ1n) is 9.06. The average molecular weight is 378 g/mol. The van der Waals surface area contributed by atoms with E-state index in [9.17, 15) is 14.7 Å². The van der Waals surface area contributed by atoms with Crippen molar-refractivity contribution in [3.63, 3.8) is 0 Å². The minimum atomic E-state index is -0.890. The second kappa shape index (κ2) is 8.94. The van der Waals surface area contributed by atoms with Crippen LogP contribution in [-0.4, -0.2) is 38.2 Å². The number of nitrogens with one attached hydrogen (secondary N) is 2. The Morgan fingerprint density at radius 2 is 1.75 bits per heavy atom. The Balaban J connectivity index is 1.72. The average Bonchev–Trinajstić information content (AvgIpc) is 3.24. The third kappa shape index (κ3) is 5.03. The summed E-state index contributed by atoms with van der Waals surface area (Å²) in [4.78, 5) is 27.4. The third-order valence-electron chi connectivity index (χ3n) is 4.57. The first-order chi connectivity index (χ1) is 13.5. The molecule has 3 aromatic rings. The third-order valence-corrected chi connectivity index (χ3v) is 4.57. The van der Waals surface area contributed by atoms with Crippen molar-refractivity contribution in [1.82, 2.24) is 20.5 Å². The molecule has 1 heterocycles. The Kier molecular flexibility index (Phi) is 6.16. The van der Waals surface area contributed by atoms with Gasteiger partial charge in [-0.2, -0.15) is 5.10 Å². The molecule has 0 aliphatic heterocycles. The molecule has 144 valence electrons. The standard InChI is InChI=1S/C21H22N4O3/c1-14(21(27)28)11-18(24-20(26)19-22-13-23-25-19)12-15-7-9-17(10-8-15)16-5-3-2-4-6-16/h2-10,13-14,18H,11-12H2,1H3,(H,24,26)(H,27,28)(H,22,23,25)/t14-,18+/m1/s1.